The second kappa shape index (κ2) is 4.13. The SMILES string of the molecule is CCCC(c1cccs1)C(F)(F)F. The van der Waals surface area contributed by atoms with Gasteiger partial charge in [0.2, 0.25) is 0 Å². The minimum absolute atomic E-state index is 0.185. The van der Waals surface area contributed by atoms with Crippen LogP contribution in [0, 0.1) is 0 Å². The molecule has 0 aliphatic carbocycles. The summed E-state index contributed by atoms with van der Waals surface area (Å²) in [6.07, 6.45) is -3.35. The largest absolute Gasteiger partial charge is 0.396 e. The molecule has 0 bridgehead atoms. The van der Waals surface area contributed by atoms with Gasteiger partial charge >= 0.3 is 6.18 Å². The van der Waals surface area contributed by atoms with Gasteiger partial charge in [-0.25, -0.2) is 0 Å². The molecule has 1 aromatic rings. The Labute approximate surface area is 79.4 Å². The lowest BCUT2D eigenvalue weighted by atomic mass is 10.0. The van der Waals surface area contributed by atoms with Gasteiger partial charge in [-0.2, -0.15) is 13.2 Å². The van der Waals surface area contributed by atoms with Crippen LogP contribution in [0.2, 0.25) is 0 Å². The number of rotatable bonds is 3. The van der Waals surface area contributed by atoms with Crippen molar-refractivity contribution in [3.05, 3.63) is 22.4 Å². The molecule has 0 N–H and O–H groups in total. The van der Waals surface area contributed by atoms with Crippen LogP contribution < -0.4 is 0 Å². The number of halogens is 3. The molecule has 0 amide bonds. The van der Waals surface area contributed by atoms with E-state index in [-0.39, 0.29) is 6.42 Å². The molecular weight excluding hydrogens is 197 g/mol. The van der Waals surface area contributed by atoms with E-state index < -0.39 is 12.1 Å². The number of thiophene rings is 1. The third kappa shape index (κ3) is 2.72. The summed E-state index contributed by atoms with van der Waals surface area (Å²) in [5, 5.41) is 1.68. The summed E-state index contributed by atoms with van der Waals surface area (Å²) < 4.78 is 37.4. The van der Waals surface area contributed by atoms with Crippen LogP contribution in [0.25, 0.3) is 0 Å². The Morgan fingerprint density at radius 1 is 1.46 bits per heavy atom. The van der Waals surface area contributed by atoms with Crippen LogP contribution >= 0.6 is 11.3 Å². The molecular formula is C9H11F3S. The first-order valence-corrected chi connectivity index (χ1v) is 5.03. The Morgan fingerprint density at radius 3 is 2.54 bits per heavy atom. The molecule has 4 heteroatoms. The van der Waals surface area contributed by atoms with Crippen molar-refractivity contribution in [3.63, 3.8) is 0 Å². The number of hydrogen-bond acceptors (Lipinski definition) is 1. The van der Waals surface area contributed by atoms with Crippen LogP contribution in [0.5, 0.6) is 0 Å². The first-order valence-electron chi connectivity index (χ1n) is 4.15. The highest BCUT2D eigenvalue weighted by Crippen LogP contribution is 2.39. The molecule has 1 heterocycles. The quantitative estimate of drug-likeness (QED) is 0.698. The molecule has 0 aliphatic rings. The first kappa shape index (κ1) is 10.6. The highest BCUT2D eigenvalue weighted by atomic mass is 32.1. The zero-order valence-electron chi connectivity index (χ0n) is 7.27. The maximum Gasteiger partial charge on any atom is 0.396 e. The molecule has 74 valence electrons. The normalized spacial score (nSPS) is 14.5. The van der Waals surface area contributed by atoms with E-state index in [9.17, 15) is 13.2 Å². The lowest BCUT2D eigenvalue weighted by Gasteiger charge is -2.17. The van der Waals surface area contributed by atoms with Crippen LogP contribution in [0.3, 0.4) is 0 Å². The Bertz CT molecular complexity index is 238. The van der Waals surface area contributed by atoms with Gasteiger partial charge in [-0.05, 0) is 17.9 Å². The topological polar surface area (TPSA) is 0 Å². The van der Waals surface area contributed by atoms with Gasteiger partial charge in [0.15, 0.2) is 0 Å². The Hall–Kier alpha value is -0.510. The van der Waals surface area contributed by atoms with E-state index in [1.807, 2.05) is 0 Å². The molecule has 13 heavy (non-hydrogen) atoms. The fourth-order valence-electron chi connectivity index (χ4n) is 1.25. The molecule has 1 atom stereocenters. The molecule has 0 fully saturated rings. The van der Waals surface area contributed by atoms with Gasteiger partial charge in [0.05, 0.1) is 5.92 Å². The predicted molar refractivity (Wildman–Crippen MR) is 48.0 cm³/mol. The molecule has 0 saturated heterocycles. The predicted octanol–water partition coefficient (Wildman–Crippen LogP) is 4.19. The molecule has 1 aromatic heterocycles. The molecule has 0 spiro atoms. The fourth-order valence-corrected chi connectivity index (χ4v) is 2.13. The molecule has 0 aromatic carbocycles. The van der Waals surface area contributed by atoms with Gasteiger partial charge in [-0.3, -0.25) is 0 Å². The van der Waals surface area contributed by atoms with E-state index in [4.69, 9.17) is 0 Å². The monoisotopic (exact) mass is 208 g/mol. The smallest absolute Gasteiger partial charge is 0.170 e. The Kier molecular flexibility index (Phi) is 3.36. The van der Waals surface area contributed by atoms with E-state index in [1.165, 1.54) is 11.3 Å². The Balaban J connectivity index is 2.81. The standard InChI is InChI=1S/C9H11F3S/c1-2-4-7(9(10,11)12)8-5-3-6-13-8/h3,5-7H,2,4H2,1H3. The number of hydrogen-bond donors (Lipinski definition) is 0. The third-order valence-corrected chi connectivity index (χ3v) is 2.85. The first-order chi connectivity index (χ1) is 6.05. The minimum Gasteiger partial charge on any atom is -0.170 e. The van der Waals surface area contributed by atoms with E-state index in [0.29, 0.717) is 11.3 Å². The van der Waals surface area contributed by atoms with Crippen LogP contribution in [0.4, 0.5) is 13.2 Å². The summed E-state index contributed by atoms with van der Waals surface area (Å²) >= 11 is 1.18. The van der Waals surface area contributed by atoms with Gasteiger partial charge in [-0.1, -0.05) is 19.4 Å². The van der Waals surface area contributed by atoms with Crippen molar-refractivity contribution in [2.45, 2.75) is 31.9 Å². The lowest BCUT2D eigenvalue weighted by molar-refractivity contribution is -0.151. The maximum absolute atomic E-state index is 12.5. The second-order valence-electron chi connectivity index (χ2n) is 2.90. The summed E-state index contributed by atoms with van der Waals surface area (Å²) in [4.78, 5) is 0.425. The van der Waals surface area contributed by atoms with Crippen LogP contribution in [0.1, 0.15) is 30.6 Å². The van der Waals surface area contributed by atoms with Gasteiger partial charge in [0.25, 0.3) is 0 Å². The van der Waals surface area contributed by atoms with Gasteiger partial charge < -0.3 is 0 Å². The highest BCUT2D eigenvalue weighted by molar-refractivity contribution is 7.10. The van der Waals surface area contributed by atoms with Crippen molar-refractivity contribution < 1.29 is 13.2 Å². The van der Waals surface area contributed by atoms with Crippen LogP contribution in [-0.4, -0.2) is 6.18 Å². The summed E-state index contributed by atoms with van der Waals surface area (Å²) in [5.74, 6) is -1.27. The van der Waals surface area contributed by atoms with Gasteiger partial charge in [-0.15, -0.1) is 11.3 Å². The maximum atomic E-state index is 12.5. The van der Waals surface area contributed by atoms with Crippen molar-refractivity contribution in [2.24, 2.45) is 0 Å². The van der Waals surface area contributed by atoms with Crippen LogP contribution in [0.15, 0.2) is 17.5 Å². The lowest BCUT2D eigenvalue weighted by Crippen LogP contribution is -2.19. The summed E-state index contributed by atoms with van der Waals surface area (Å²) in [5.41, 5.74) is 0. The van der Waals surface area contributed by atoms with E-state index in [0.717, 1.165) is 0 Å². The van der Waals surface area contributed by atoms with Gasteiger partial charge in [0, 0.05) is 4.88 Å². The molecule has 0 radical (unpaired) electrons. The van der Waals surface area contributed by atoms with Crippen molar-refractivity contribution in [1.82, 2.24) is 0 Å². The van der Waals surface area contributed by atoms with E-state index >= 15 is 0 Å². The third-order valence-electron chi connectivity index (χ3n) is 1.86. The molecule has 0 nitrogen and oxygen atoms in total. The molecule has 1 rings (SSSR count). The average molecular weight is 208 g/mol. The van der Waals surface area contributed by atoms with Crippen LogP contribution in [-0.2, 0) is 0 Å². The molecule has 0 aliphatic heterocycles. The average Bonchev–Trinajstić information content (AvgIpc) is 2.49. The van der Waals surface area contributed by atoms with Crippen molar-refractivity contribution in [2.75, 3.05) is 0 Å². The van der Waals surface area contributed by atoms with Crippen molar-refractivity contribution >= 4 is 11.3 Å². The minimum atomic E-state index is -4.10. The second-order valence-corrected chi connectivity index (χ2v) is 3.88. The Morgan fingerprint density at radius 2 is 2.15 bits per heavy atom. The van der Waals surface area contributed by atoms with Crippen molar-refractivity contribution in [1.29, 1.82) is 0 Å². The summed E-state index contributed by atoms with van der Waals surface area (Å²) in [7, 11) is 0. The van der Waals surface area contributed by atoms with Crippen molar-refractivity contribution in [3.8, 4) is 0 Å². The number of alkyl halides is 3. The zero-order chi connectivity index (χ0) is 9.90. The molecule has 1 unspecified atom stereocenters. The van der Waals surface area contributed by atoms with E-state index in [1.54, 1.807) is 24.4 Å². The zero-order valence-corrected chi connectivity index (χ0v) is 8.08. The van der Waals surface area contributed by atoms with E-state index in [2.05, 4.69) is 0 Å². The summed E-state index contributed by atoms with van der Waals surface area (Å²) in [6, 6.07) is 3.22. The van der Waals surface area contributed by atoms with Gasteiger partial charge in [0.1, 0.15) is 0 Å². The highest BCUT2D eigenvalue weighted by Gasteiger charge is 2.40. The summed E-state index contributed by atoms with van der Waals surface area (Å²) in [6.45, 7) is 1.77. The fraction of sp³-hybridized carbons (Fsp3) is 0.556. The molecule has 0 saturated carbocycles.